The molecule has 164 valence electrons. The standard InChI is InChI=1S/C24H21FN2O5/c1-31-24(30)27(21(23(28)29)14-32-13-15-10-16(25)12-26-11-15)22-19-8-4-2-6-17(19)18-7-3-5-9-20(18)22/h2-12,21-22H,13-14H2,1H3,(H,28,29)/t21-/m0/s1. The Morgan fingerprint density at radius 1 is 1.09 bits per heavy atom. The van der Waals surface area contributed by atoms with Crippen LogP contribution in [0.15, 0.2) is 67.0 Å². The predicted octanol–water partition coefficient (Wildman–Crippen LogP) is 4.03. The molecule has 1 amide bonds. The predicted molar refractivity (Wildman–Crippen MR) is 113 cm³/mol. The molecule has 1 aromatic heterocycles. The average Bonchev–Trinajstić information content (AvgIpc) is 3.12. The summed E-state index contributed by atoms with van der Waals surface area (Å²) in [5.41, 5.74) is 3.92. The molecule has 2 aromatic carbocycles. The van der Waals surface area contributed by atoms with Gasteiger partial charge in [-0.15, -0.1) is 0 Å². The van der Waals surface area contributed by atoms with Gasteiger partial charge in [0.05, 0.1) is 32.6 Å². The molecule has 0 saturated carbocycles. The summed E-state index contributed by atoms with van der Waals surface area (Å²) in [7, 11) is 1.21. The number of carbonyl (C=O) groups is 2. The summed E-state index contributed by atoms with van der Waals surface area (Å²) in [5, 5.41) is 9.98. The maximum atomic E-state index is 13.4. The first-order valence-electron chi connectivity index (χ1n) is 9.95. The minimum absolute atomic E-state index is 0.0542. The minimum Gasteiger partial charge on any atom is -0.480 e. The van der Waals surface area contributed by atoms with Crippen LogP contribution in [-0.2, 0) is 20.9 Å². The Morgan fingerprint density at radius 3 is 2.28 bits per heavy atom. The Labute approximate surface area is 184 Å². The number of hydrogen-bond acceptors (Lipinski definition) is 5. The number of amides is 1. The van der Waals surface area contributed by atoms with Crippen molar-refractivity contribution in [2.75, 3.05) is 13.7 Å². The van der Waals surface area contributed by atoms with Crippen LogP contribution in [0, 0.1) is 5.82 Å². The molecule has 7 nitrogen and oxygen atoms in total. The highest BCUT2D eigenvalue weighted by Crippen LogP contribution is 2.47. The molecule has 0 fully saturated rings. The number of pyridine rings is 1. The fourth-order valence-corrected chi connectivity index (χ4v) is 4.04. The average molecular weight is 436 g/mol. The van der Waals surface area contributed by atoms with Crippen LogP contribution in [-0.4, -0.2) is 46.8 Å². The van der Waals surface area contributed by atoms with E-state index in [1.165, 1.54) is 24.3 Å². The SMILES string of the molecule is COC(=O)N(C1c2ccccc2-c2ccccc21)[C@@H](COCc1cncc(F)c1)C(=O)O. The monoisotopic (exact) mass is 436 g/mol. The van der Waals surface area contributed by atoms with E-state index < -0.39 is 30.0 Å². The van der Waals surface area contributed by atoms with E-state index in [9.17, 15) is 19.1 Å². The van der Waals surface area contributed by atoms with Crippen LogP contribution in [0.4, 0.5) is 9.18 Å². The molecule has 0 bridgehead atoms. The summed E-state index contributed by atoms with van der Waals surface area (Å²) in [6.45, 7) is -0.372. The molecule has 0 radical (unpaired) electrons. The second kappa shape index (κ2) is 9.15. The molecule has 1 atom stereocenters. The molecular weight excluding hydrogens is 415 g/mol. The lowest BCUT2D eigenvalue weighted by Gasteiger charge is -2.34. The Morgan fingerprint density at radius 2 is 1.72 bits per heavy atom. The Balaban J connectivity index is 1.67. The lowest BCUT2D eigenvalue weighted by atomic mass is 10.0. The van der Waals surface area contributed by atoms with E-state index in [4.69, 9.17) is 9.47 Å². The molecule has 0 unspecified atom stereocenters. The van der Waals surface area contributed by atoms with Crippen LogP contribution in [0.2, 0.25) is 0 Å². The Hall–Kier alpha value is -3.78. The summed E-state index contributed by atoms with van der Waals surface area (Å²) in [5.74, 6) is -1.76. The number of nitrogens with zero attached hydrogens (tertiary/aromatic N) is 2. The van der Waals surface area contributed by atoms with E-state index >= 15 is 0 Å². The molecule has 1 N–H and O–H groups in total. The fraction of sp³-hybridized carbons (Fsp3) is 0.208. The van der Waals surface area contributed by atoms with Crippen molar-refractivity contribution in [3.05, 3.63) is 89.5 Å². The van der Waals surface area contributed by atoms with E-state index in [-0.39, 0.29) is 13.2 Å². The smallest absolute Gasteiger partial charge is 0.411 e. The van der Waals surface area contributed by atoms with Gasteiger partial charge in [-0.3, -0.25) is 9.88 Å². The number of methoxy groups -OCH3 is 1. The first-order chi connectivity index (χ1) is 15.5. The number of aliphatic carboxylic acids is 1. The van der Waals surface area contributed by atoms with Crippen molar-refractivity contribution < 1.29 is 28.6 Å². The van der Waals surface area contributed by atoms with Gasteiger partial charge in [0.25, 0.3) is 0 Å². The molecule has 3 aromatic rings. The zero-order chi connectivity index (χ0) is 22.7. The summed E-state index contributed by atoms with van der Waals surface area (Å²) in [6, 6.07) is 14.3. The fourth-order valence-electron chi connectivity index (χ4n) is 4.04. The van der Waals surface area contributed by atoms with Crippen molar-refractivity contribution in [1.82, 2.24) is 9.88 Å². The number of hydrogen-bond donors (Lipinski definition) is 1. The van der Waals surface area contributed by atoms with E-state index in [0.717, 1.165) is 28.5 Å². The van der Waals surface area contributed by atoms with Crippen molar-refractivity contribution in [1.29, 1.82) is 0 Å². The van der Waals surface area contributed by atoms with Gasteiger partial charge in [0.1, 0.15) is 5.82 Å². The molecule has 1 heterocycles. The van der Waals surface area contributed by atoms with Crippen molar-refractivity contribution in [3.63, 3.8) is 0 Å². The lowest BCUT2D eigenvalue weighted by Crippen LogP contribution is -2.49. The first kappa shape index (κ1) is 21.5. The van der Waals surface area contributed by atoms with Crippen LogP contribution in [0.5, 0.6) is 0 Å². The highest BCUT2D eigenvalue weighted by atomic mass is 19.1. The van der Waals surface area contributed by atoms with Crippen molar-refractivity contribution in [3.8, 4) is 11.1 Å². The van der Waals surface area contributed by atoms with E-state index in [2.05, 4.69) is 4.98 Å². The molecule has 0 aliphatic heterocycles. The number of rotatable bonds is 7. The maximum absolute atomic E-state index is 13.4. The van der Waals surface area contributed by atoms with Gasteiger partial charge in [0, 0.05) is 6.20 Å². The molecule has 4 rings (SSSR count). The molecule has 1 aliphatic rings. The maximum Gasteiger partial charge on any atom is 0.411 e. The second-order valence-electron chi connectivity index (χ2n) is 7.33. The Bertz CT molecular complexity index is 1110. The van der Waals surface area contributed by atoms with Crippen LogP contribution < -0.4 is 0 Å². The van der Waals surface area contributed by atoms with Crippen LogP contribution in [0.3, 0.4) is 0 Å². The third-order valence-corrected chi connectivity index (χ3v) is 5.39. The zero-order valence-electron chi connectivity index (χ0n) is 17.3. The molecule has 0 spiro atoms. The lowest BCUT2D eigenvalue weighted by molar-refractivity contribution is -0.146. The normalized spacial score (nSPS) is 13.2. The van der Waals surface area contributed by atoms with Gasteiger partial charge in [0.15, 0.2) is 6.04 Å². The van der Waals surface area contributed by atoms with Gasteiger partial charge in [-0.25, -0.2) is 14.0 Å². The number of carboxylic acid groups (broad SMARTS) is 1. The minimum atomic E-state index is -1.34. The number of carboxylic acids is 1. The molecule has 8 heteroatoms. The van der Waals surface area contributed by atoms with Gasteiger partial charge < -0.3 is 14.6 Å². The number of benzene rings is 2. The van der Waals surface area contributed by atoms with Crippen molar-refractivity contribution in [2.24, 2.45) is 0 Å². The highest BCUT2D eigenvalue weighted by molar-refractivity contribution is 5.85. The molecule has 1 aliphatic carbocycles. The molecule has 0 saturated heterocycles. The zero-order valence-corrected chi connectivity index (χ0v) is 17.3. The van der Waals surface area contributed by atoms with Gasteiger partial charge in [0.2, 0.25) is 0 Å². The topological polar surface area (TPSA) is 89.0 Å². The van der Waals surface area contributed by atoms with E-state index in [1.807, 2.05) is 48.5 Å². The summed E-state index contributed by atoms with van der Waals surface area (Å²) < 4.78 is 23.9. The quantitative estimate of drug-likeness (QED) is 0.602. The largest absolute Gasteiger partial charge is 0.480 e. The number of carbonyl (C=O) groups excluding carboxylic acids is 1. The first-order valence-corrected chi connectivity index (χ1v) is 9.95. The third kappa shape index (κ3) is 4.04. The van der Waals surface area contributed by atoms with Crippen molar-refractivity contribution in [2.45, 2.75) is 18.7 Å². The van der Waals surface area contributed by atoms with Gasteiger partial charge in [-0.2, -0.15) is 0 Å². The number of ether oxygens (including phenoxy) is 2. The van der Waals surface area contributed by atoms with Crippen LogP contribution in [0.1, 0.15) is 22.7 Å². The van der Waals surface area contributed by atoms with Crippen LogP contribution >= 0.6 is 0 Å². The summed E-state index contributed by atoms with van der Waals surface area (Å²) >= 11 is 0. The highest BCUT2D eigenvalue weighted by Gasteiger charge is 2.42. The van der Waals surface area contributed by atoms with E-state index in [0.29, 0.717) is 5.56 Å². The van der Waals surface area contributed by atoms with Gasteiger partial charge in [-0.1, -0.05) is 48.5 Å². The van der Waals surface area contributed by atoms with Gasteiger partial charge in [-0.05, 0) is 33.9 Å². The molecule has 32 heavy (non-hydrogen) atoms. The summed E-state index contributed by atoms with van der Waals surface area (Å²) in [4.78, 5) is 30.0. The van der Waals surface area contributed by atoms with Crippen molar-refractivity contribution >= 4 is 12.1 Å². The third-order valence-electron chi connectivity index (χ3n) is 5.39. The van der Waals surface area contributed by atoms with Crippen LogP contribution in [0.25, 0.3) is 11.1 Å². The second-order valence-corrected chi connectivity index (χ2v) is 7.33. The Kier molecular flexibility index (Phi) is 6.13. The number of aromatic nitrogens is 1. The summed E-state index contributed by atoms with van der Waals surface area (Å²) in [6.07, 6.45) is 1.71. The number of halogens is 1. The number of fused-ring (bicyclic) bond motifs is 3. The molecular formula is C24H21FN2O5. The van der Waals surface area contributed by atoms with Gasteiger partial charge >= 0.3 is 12.1 Å². The van der Waals surface area contributed by atoms with E-state index in [1.54, 1.807) is 0 Å².